The number of carbonyl (C=O) groups excluding carboxylic acids is 2. The maximum atomic E-state index is 11.8. The van der Waals surface area contributed by atoms with Crippen LogP contribution in [0.25, 0.3) is 0 Å². The van der Waals surface area contributed by atoms with E-state index < -0.39 is 31.1 Å². The van der Waals surface area contributed by atoms with E-state index in [4.69, 9.17) is 0 Å². The second kappa shape index (κ2) is 6.25. The van der Waals surface area contributed by atoms with Crippen molar-refractivity contribution in [3.05, 3.63) is 0 Å². The Morgan fingerprint density at radius 1 is 1.21 bits per heavy atom. The average Bonchev–Trinajstić information content (AvgIpc) is 2.14. The van der Waals surface area contributed by atoms with Gasteiger partial charge in [0.25, 0.3) is 0 Å². The van der Waals surface area contributed by atoms with Crippen molar-refractivity contribution in [1.82, 2.24) is 0 Å². The molecular weight excluding hydrogens is 202 g/mol. The molecule has 0 saturated carbocycles. The fourth-order valence-corrected chi connectivity index (χ4v) is 0.677. The predicted molar refractivity (Wildman–Crippen MR) is 39.5 cm³/mol. The van der Waals surface area contributed by atoms with Crippen LogP contribution in [0.5, 0.6) is 0 Å². The Labute approximate surface area is 78.9 Å². The normalized spacial score (nSPS) is 12.4. The van der Waals surface area contributed by atoms with Crippen LogP contribution in [0.2, 0.25) is 0 Å². The molecule has 7 heteroatoms. The lowest BCUT2D eigenvalue weighted by Gasteiger charge is -2.13. The molecule has 0 heterocycles. The summed E-state index contributed by atoms with van der Waals surface area (Å²) in [6.45, 7) is -3.15. The third-order valence-electron chi connectivity index (χ3n) is 1.31. The van der Waals surface area contributed by atoms with Gasteiger partial charge in [0.05, 0.1) is 20.6 Å². The third-order valence-corrected chi connectivity index (χ3v) is 1.31. The van der Waals surface area contributed by atoms with Crippen LogP contribution in [0, 0.1) is 0 Å². The van der Waals surface area contributed by atoms with Gasteiger partial charge in [-0.15, -0.1) is 0 Å². The lowest BCUT2D eigenvalue weighted by molar-refractivity contribution is -0.193. The average molecular weight is 212 g/mol. The topological polar surface area (TPSA) is 61.8 Å². The first kappa shape index (κ1) is 12.8. The summed E-state index contributed by atoms with van der Waals surface area (Å²) < 4.78 is 35.7. The maximum absolute atomic E-state index is 11.8. The van der Waals surface area contributed by atoms with Gasteiger partial charge in [-0.1, -0.05) is 0 Å². The molecule has 0 bridgehead atoms. The molecule has 1 atom stereocenters. The van der Waals surface area contributed by atoms with E-state index in [1.807, 2.05) is 0 Å². The summed E-state index contributed by atoms with van der Waals surface area (Å²) in [4.78, 5) is 21.5. The predicted octanol–water partition coefficient (Wildman–Crippen LogP) is 0.330. The maximum Gasteiger partial charge on any atom is 0.346 e. The Morgan fingerprint density at radius 2 is 1.79 bits per heavy atom. The third kappa shape index (κ3) is 4.70. The van der Waals surface area contributed by atoms with Gasteiger partial charge in [0.1, 0.15) is 0 Å². The number of halogens is 2. The zero-order valence-corrected chi connectivity index (χ0v) is 7.66. The molecule has 82 valence electrons. The van der Waals surface area contributed by atoms with Gasteiger partial charge in [-0.25, -0.2) is 4.79 Å². The van der Waals surface area contributed by atoms with Crippen LogP contribution in [-0.2, 0) is 23.8 Å². The monoisotopic (exact) mass is 212 g/mol. The van der Waals surface area contributed by atoms with Crippen LogP contribution >= 0.6 is 0 Å². The standard InChI is InChI=1S/C7H10F2O5/c1-12-5(10)3-4(6(11)13-2)14-7(8)9/h4,7H,3H2,1-2H3. The molecule has 0 spiro atoms. The fourth-order valence-electron chi connectivity index (χ4n) is 0.677. The van der Waals surface area contributed by atoms with E-state index in [-0.39, 0.29) is 0 Å². The van der Waals surface area contributed by atoms with Crippen molar-refractivity contribution in [1.29, 1.82) is 0 Å². The summed E-state index contributed by atoms with van der Waals surface area (Å²) in [6.07, 6.45) is -2.24. The number of ether oxygens (including phenoxy) is 3. The minimum absolute atomic E-state index is 0.604. The number of rotatable bonds is 5. The van der Waals surface area contributed by atoms with E-state index in [0.717, 1.165) is 14.2 Å². The molecule has 14 heavy (non-hydrogen) atoms. The van der Waals surface area contributed by atoms with E-state index in [1.54, 1.807) is 0 Å². The summed E-state index contributed by atoms with van der Waals surface area (Å²) in [7, 11) is 2.07. The van der Waals surface area contributed by atoms with E-state index in [0.29, 0.717) is 0 Å². The number of methoxy groups -OCH3 is 2. The van der Waals surface area contributed by atoms with Crippen LogP contribution in [0.1, 0.15) is 6.42 Å². The van der Waals surface area contributed by atoms with Gasteiger partial charge in [-0.05, 0) is 0 Å². The number of esters is 2. The number of hydrogen-bond donors (Lipinski definition) is 0. The Morgan fingerprint density at radius 3 is 2.14 bits per heavy atom. The van der Waals surface area contributed by atoms with Crippen LogP contribution in [-0.4, -0.2) is 38.9 Å². The molecule has 0 aliphatic rings. The Bertz CT molecular complexity index is 206. The first-order valence-corrected chi connectivity index (χ1v) is 3.59. The molecule has 0 aliphatic carbocycles. The van der Waals surface area contributed by atoms with E-state index in [1.165, 1.54) is 0 Å². The summed E-state index contributed by atoms with van der Waals surface area (Å²) in [5, 5.41) is 0. The first-order chi connectivity index (χ1) is 6.51. The van der Waals surface area contributed by atoms with Gasteiger partial charge in [-0.3, -0.25) is 4.79 Å². The van der Waals surface area contributed by atoms with Crippen LogP contribution < -0.4 is 0 Å². The van der Waals surface area contributed by atoms with Gasteiger partial charge >= 0.3 is 18.6 Å². The zero-order chi connectivity index (χ0) is 11.1. The SMILES string of the molecule is COC(=O)CC(OC(F)F)C(=O)OC. The highest BCUT2D eigenvalue weighted by Crippen LogP contribution is 2.08. The van der Waals surface area contributed by atoms with Crippen molar-refractivity contribution in [3.63, 3.8) is 0 Å². The molecule has 0 radical (unpaired) electrons. The Kier molecular flexibility index (Phi) is 5.70. The molecule has 0 saturated heterocycles. The van der Waals surface area contributed by atoms with E-state index >= 15 is 0 Å². The quantitative estimate of drug-likeness (QED) is 0.614. The van der Waals surface area contributed by atoms with Crippen molar-refractivity contribution in [3.8, 4) is 0 Å². The van der Waals surface area contributed by atoms with E-state index in [2.05, 4.69) is 14.2 Å². The summed E-state index contributed by atoms with van der Waals surface area (Å²) in [6, 6.07) is 0. The fraction of sp³-hybridized carbons (Fsp3) is 0.714. The second-order valence-electron chi connectivity index (χ2n) is 2.19. The van der Waals surface area contributed by atoms with Gasteiger partial charge in [0, 0.05) is 0 Å². The molecule has 0 fully saturated rings. The van der Waals surface area contributed by atoms with Gasteiger partial charge in [0.2, 0.25) is 0 Å². The Hall–Kier alpha value is -1.24. The number of alkyl halides is 2. The molecule has 0 amide bonds. The molecule has 0 aromatic heterocycles. The number of carbonyl (C=O) groups is 2. The van der Waals surface area contributed by atoms with Crippen molar-refractivity contribution in [2.75, 3.05) is 14.2 Å². The summed E-state index contributed by atoms with van der Waals surface area (Å²) >= 11 is 0. The van der Waals surface area contributed by atoms with Gasteiger partial charge in [-0.2, -0.15) is 8.78 Å². The number of hydrogen-bond acceptors (Lipinski definition) is 5. The highest BCUT2D eigenvalue weighted by molar-refractivity contribution is 5.81. The molecule has 0 N–H and O–H groups in total. The summed E-state index contributed by atoms with van der Waals surface area (Å²) in [5.74, 6) is -1.88. The van der Waals surface area contributed by atoms with Crippen LogP contribution in [0.4, 0.5) is 8.78 Å². The van der Waals surface area contributed by atoms with Crippen LogP contribution in [0.15, 0.2) is 0 Å². The zero-order valence-electron chi connectivity index (χ0n) is 7.66. The highest BCUT2D eigenvalue weighted by Gasteiger charge is 2.27. The molecule has 0 rings (SSSR count). The van der Waals surface area contributed by atoms with Crippen molar-refractivity contribution in [2.24, 2.45) is 0 Å². The Balaban J connectivity index is 4.24. The molecule has 0 aromatic carbocycles. The largest absolute Gasteiger partial charge is 0.469 e. The van der Waals surface area contributed by atoms with Crippen molar-refractivity contribution in [2.45, 2.75) is 19.1 Å². The van der Waals surface area contributed by atoms with Crippen LogP contribution in [0.3, 0.4) is 0 Å². The lowest BCUT2D eigenvalue weighted by atomic mass is 10.2. The summed E-state index contributed by atoms with van der Waals surface area (Å²) in [5.41, 5.74) is 0. The molecule has 0 aromatic rings. The van der Waals surface area contributed by atoms with Crippen molar-refractivity contribution >= 4 is 11.9 Å². The van der Waals surface area contributed by atoms with E-state index in [9.17, 15) is 18.4 Å². The lowest BCUT2D eigenvalue weighted by Crippen LogP contribution is -2.30. The van der Waals surface area contributed by atoms with Gasteiger partial charge < -0.3 is 14.2 Å². The van der Waals surface area contributed by atoms with Crippen molar-refractivity contribution < 1.29 is 32.6 Å². The molecule has 5 nitrogen and oxygen atoms in total. The highest BCUT2D eigenvalue weighted by atomic mass is 19.3. The molecule has 1 unspecified atom stereocenters. The van der Waals surface area contributed by atoms with Gasteiger partial charge in [0.15, 0.2) is 6.10 Å². The molecule has 0 aliphatic heterocycles. The first-order valence-electron chi connectivity index (χ1n) is 3.59. The smallest absolute Gasteiger partial charge is 0.346 e. The minimum Gasteiger partial charge on any atom is -0.469 e. The molecular formula is C7H10F2O5. The minimum atomic E-state index is -3.15. The second-order valence-corrected chi connectivity index (χ2v) is 2.19.